The van der Waals surface area contributed by atoms with E-state index in [-0.39, 0.29) is 5.60 Å². The zero-order chi connectivity index (χ0) is 10.4. The molecule has 0 radical (unpaired) electrons. The third-order valence-corrected chi connectivity index (χ3v) is 2.38. The molecule has 3 heteroatoms. The average molecular weight is 198 g/mol. The molecule has 0 saturated heterocycles. The second-order valence-electron chi connectivity index (χ2n) is 4.33. The van der Waals surface area contributed by atoms with Crippen molar-refractivity contribution < 1.29 is 4.74 Å². The Morgan fingerprint density at radius 1 is 1.43 bits per heavy atom. The zero-order valence-corrected chi connectivity index (χ0v) is 9.60. The molecule has 0 bridgehead atoms. The maximum atomic E-state index is 5.60. The Morgan fingerprint density at radius 3 is 2.79 bits per heavy atom. The van der Waals surface area contributed by atoms with Gasteiger partial charge in [-0.05, 0) is 33.6 Å². The fourth-order valence-corrected chi connectivity index (χ4v) is 1.60. The molecule has 14 heavy (non-hydrogen) atoms. The Kier molecular flexibility index (Phi) is 4.39. The number of rotatable bonds is 4. The number of ether oxygens (including phenoxy) is 1. The molecule has 0 aromatic carbocycles. The highest BCUT2D eigenvalue weighted by atomic mass is 16.5. The van der Waals surface area contributed by atoms with Crippen LogP contribution in [0.15, 0.2) is 4.99 Å². The first-order valence-corrected chi connectivity index (χ1v) is 5.55. The third kappa shape index (κ3) is 4.09. The van der Waals surface area contributed by atoms with Gasteiger partial charge in [-0.1, -0.05) is 0 Å². The Labute approximate surface area is 86.9 Å². The minimum Gasteiger partial charge on any atom is -0.374 e. The van der Waals surface area contributed by atoms with Crippen molar-refractivity contribution in [3.8, 4) is 0 Å². The first kappa shape index (κ1) is 11.5. The van der Waals surface area contributed by atoms with Gasteiger partial charge in [-0.3, -0.25) is 4.99 Å². The summed E-state index contributed by atoms with van der Waals surface area (Å²) in [5, 5.41) is 3.37. The molecule has 1 rings (SSSR count). The van der Waals surface area contributed by atoms with E-state index in [1.54, 1.807) is 0 Å². The van der Waals surface area contributed by atoms with Crippen molar-refractivity contribution >= 4 is 5.84 Å². The summed E-state index contributed by atoms with van der Waals surface area (Å²) in [5.74, 6) is 1.16. The van der Waals surface area contributed by atoms with Crippen LogP contribution >= 0.6 is 0 Å². The van der Waals surface area contributed by atoms with Crippen molar-refractivity contribution in [1.82, 2.24) is 5.32 Å². The number of hydrogen-bond donors (Lipinski definition) is 1. The number of aliphatic imine (C=N–C) groups is 1. The van der Waals surface area contributed by atoms with Crippen molar-refractivity contribution in [3.63, 3.8) is 0 Å². The number of amidine groups is 1. The lowest BCUT2D eigenvalue weighted by atomic mass is 10.1. The predicted octanol–water partition coefficient (Wildman–Crippen LogP) is 1.97. The van der Waals surface area contributed by atoms with E-state index in [1.165, 1.54) is 12.8 Å². The molecule has 1 aliphatic heterocycles. The van der Waals surface area contributed by atoms with Gasteiger partial charge in [-0.25, -0.2) is 0 Å². The second kappa shape index (κ2) is 5.35. The summed E-state index contributed by atoms with van der Waals surface area (Å²) in [5.41, 5.74) is -0.0886. The fourth-order valence-electron chi connectivity index (χ4n) is 1.60. The average Bonchev–Trinajstić information content (AvgIpc) is 2.17. The number of hydrogen-bond acceptors (Lipinski definition) is 3. The van der Waals surface area contributed by atoms with E-state index in [0.29, 0.717) is 0 Å². The molecule has 0 atom stereocenters. The Hall–Kier alpha value is -0.570. The topological polar surface area (TPSA) is 33.6 Å². The lowest BCUT2D eigenvalue weighted by molar-refractivity contribution is -0.00581. The molecule has 1 N–H and O–H groups in total. The van der Waals surface area contributed by atoms with Gasteiger partial charge in [-0.2, -0.15) is 0 Å². The van der Waals surface area contributed by atoms with Crippen LogP contribution in [0.2, 0.25) is 0 Å². The molecule has 0 amide bonds. The first-order valence-electron chi connectivity index (χ1n) is 5.55. The molecule has 0 fully saturated rings. The van der Waals surface area contributed by atoms with Crippen molar-refractivity contribution in [2.45, 2.75) is 45.6 Å². The lowest BCUT2D eigenvalue weighted by Crippen LogP contribution is -2.41. The molecule has 1 aliphatic rings. The van der Waals surface area contributed by atoms with Gasteiger partial charge in [0.05, 0.1) is 11.4 Å². The van der Waals surface area contributed by atoms with Gasteiger partial charge in [0.2, 0.25) is 0 Å². The molecule has 0 unspecified atom stereocenters. The molecule has 3 nitrogen and oxygen atoms in total. The first-order chi connectivity index (χ1) is 6.64. The molecule has 0 saturated carbocycles. The SMILES string of the molecule is CCOC(C)(C)CNC1=NCCCC1. The lowest BCUT2D eigenvalue weighted by Gasteiger charge is -2.26. The summed E-state index contributed by atoms with van der Waals surface area (Å²) < 4.78 is 5.60. The highest BCUT2D eigenvalue weighted by Crippen LogP contribution is 2.09. The largest absolute Gasteiger partial charge is 0.374 e. The minimum atomic E-state index is -0.0886. The van der Waals surface area contributed by atoms with Gasteiger partial charge >= 0.3 is 0 Å². The maximum absolute atomic E-state index is 5.60. The Morgan fingerprint density at radius 2 is 2.21 bits per heavy atom. The van der Waals surface area contributed by atoms with Crippen LogP contribution in [-0.4, -0.2) is 31.1 Å². The van der Waals surface area contributed by atoms with E-state index in [0.717, 1.165) is 32.0 Å². The van der Waals surface area contributed by atoms with Crippen LogP contribution in [-0.2, 0) is 4.74 Å². The molecule has 0 aromatic rings. The van der Waals surface area contributed by atoms with E-state index in [9.17, 15) is 0 Å². The molecule has 0 aliphatic carbocycles. The predicted molar refractivity (Wildman–Crippen MR) is 59.9 cm³/mol. The summed E-state index contributed by atoms with van der Waals surface area (Å²) >= 11 is 0. The summed E-state index contributed by atoms with van der Waals surface area (Å²) in [6.07, 6.45) is 3.60. The number of nitrogens with zero attached hydrogens (tertiary/aromatic N) is 1. The van der Waals surface area contributed by atoms with Gasteiger partial charge in [0, 0.05) is 26.1 Å². The Bertz CT molecular complexity index is 199. The molecular formula is C11H22N2O. The van der Waals surface area contributed by atoms with Crippen LogP contribution in [0, 0.1) is 0 Å². The van der Waals surface area contributed by atoms with E-state index < -0.39 is 0 Å². The van der Waals surface area contributed by atoms with Crippen LogP contribution < -0.4 is 5.32 Å². The monoisotopic (exact) mass is 198 g/mol. The van der Waals surface area contributed by atoms with Gasteiger partial charge < -0.3 is 10.1 Å². The smallest absolute Gasteiger partial charge is 0.0964 e. The van der Waals surface area contributed by atoms with Crippen molar-refractivity contribution in [2.24, 2.45) is 4.99 Å². The van der Waals surface area contributed by atoms with E-state index in [1.807, 2.05) is 6.92 Å². The van der Waals surface area contributed by atoms with E-state index in [4.69, 9.17) is 4.74 Å². The van der Waals surface area contributed by atoms with E-state index in [2.05, 4.69) is 24.2 Å². The Balaban J connectivity index is 2.27. The molecule has 1 heterocycles. The van der Waals surface area contributed by atoms with Crippen LogP contribution in [0.4, 0.5) is 0 Å². The highest BCUT2D eigenvalue weighted by molar-refractivity contribution is 5.82. The van der Waals surface area contributed by atoms with Gasteiger partial charge in [0.15, 0.2) is 0 Å². The van der Waals surface area contributed by atoms with Crippen LogP contribution in [0.1, 0.15) is 40.0 Å². The van der Waals surface area contributed by atoms with Crippen LogP contribution in [0.25, 0.3) is 0 Å². The van der Waals surface area contributed by atoms with Crippen molar-refractivity contribution in [2.75, 3.05) is 19.7 Å². The third-order valence-electron chi connectivity index (χ3n) is 2.38. The molecule has 82 valence electrons. The van der Waals surface area contributed by atoms with Gasteiger partial charge in [0.1, 0.15) is 0 Å². The van der Waals surface area contributed by atoms with Gasteiger partial charge in [-0.15, -0.1) is 0 Å². The van der Waals surface area contributed by atoms with Crippen molar-refractivity contribution in [1.29, 1.82) is 0 Å². The van der Waals surface area contributed by atoms with E-state index >= 15 is 0 Å². The van der Waals surface area contributed by atoms with Crippen LogP contribution in [0.3, 0.4) is 0 Å². The standard InChI is InChI=1S/C11H22N2O/c1-4-14-11(2,3)9-13-10-7-5-6-8-12-10/h4-9H2,1-3H3,(H,12,13). The summed E-state index contributed by atoms with van der Waals surface area (Å²) in [7, 11) is 0. The van der Waals surface area contributed by atoms with Gasteiger partial charge in [0.25, 0.3) is 0 Å². The maximum Gasteiger partial charge on any atom is 0.0964 e. The molecule has 0 spiro atoms. The summed E-state index contributed by atoms with van der Waals surface area (Å²) in [4.78, 5) is 4.44. The fraction of sp³-hybridized carbons (Fsp3) is 0.909. The minimum absolute atomic E-state index is 0.0886. The molecule has 0 aromatic heterocycles. The molecular weight excluding hydrogens is 176 g/mol. The highest BCUT2D eigenvalue weighted by Gasteiger charge is 2.18. The van der Waals surface area contributed by atoms with Crippen LogP contribution in [0.5, 0.6) is 0 Å². The quantitative estimate of drug-likeness (QED) is 0.749. The van der Waals surface area contributed by atoms with Crippen molar-refractivity contribution in [3.05, 3.63) is 0 Å². The summed E-state index contributed by atoms with van der Waals surface area (Å²) in [6, 6.07) is 0. The zero-order valence-electron chi connectivity index (χ0n) is 9.60. The second-order valence-corrected chi connectivity index (χ2v) is 4.33. The number of nitrogens with one attached hydrogen (secondary N) is 1. The normalized spacial score (nSPS) is 17.8. The summed E-state index contributed by atoms with van der Waals surface area (Å²) in [6.45, 7) is 8.83.